The van der Waals surface area contributed by atoms with Crippen molar-refractivity contribution in [3.63, 3.8) is 0 Å². The molecule has 0 radical (unpaired) electrons. The largest absolute Gasteiger partial charge is 0.453 e. The second-order valence-electron chi connectivity index (χ2n) is 8.16. The van der Waals surface area contributed by atoms with Crippen molar-refractivity contribution in [3.8, 4) is 11.3 Å². The van der Waals surface area contributed by atoms with Crippen molar-refractivity contribution in [2.24, 2.45) is 0 Å². The van der Waals surface area contributed by atoms with E-state index in [1.54, 1.807) is 12.1 Å². The Kier molecular flexibility index (Phi) is 6.31. The van der Waals surface area contributed by atoms with Crippen molar-refractivity contribution >= 4 is 50.2 Å². The number of methoxy groups -OCH3 is 1. The van der Waals surface area contributed by atoms with Gasteiger partial charge in [-0.15, -0.1) is 0 Å². The van der Waals surface area contributed by atoms with E-state index in [-0.39, 0.29) is 17.2 Å². The van der Waals surface area contributed by atoms with Crippen LogP contribution in [0.1, 0.15) is 16.7 Å². The summed E-state index contributed by atoms with van der Waals surface area (Å²) in [7, 11) is 1.23. The smallest absolute Gasteiger partial charge is 0.419 e. The average molecular weight is 561 g/mol. The number of halogens is 4. The highest BCUT2D eigenvalue weighted by atomic mass is 79.9. The van der Waals surface area contributed by atoms with E-state index < -0.39 is 17.8 Å². The summed E-state index contributed by atoms with van der Waals surface area (Å²) in [6.45, 7) is 1.63. The molecule has 36 heavy (non-hydrogen) atoms. The van der Waals surface area contributed by atoms with Gasteiger partial charge < -0.3 is 20.4 Å². The van der Waals surface area contributed by atoms with Gasteiger partial charge in [-0.1, -0.05) is 12.1 Å². The molecule has 4 N–H and O–H groups in total. The molecule has 1 aliphatic heterocycles. The van der Waals surface area contributed by atoms with E-state index in [4.69, 9.17) is 0 Å². The number of anilines is 3. The van der Waals surface area contributed by atoms with Gasteiger partial charge in [0.15, 0.2) is 0 Å². The first-order valence-electron chi connectivity index (χ1n) is 10.9. The predicted octanol–water partition coefficient (Wildman–Crippen LogP) is 5.97. The maximum Gasteiger partial charge on any atom is 0.419 e. The number of hydrogen-bond acceptors (Lipinski definition) is 6. The van der Waals surface area contributed by atoms with Gasteiger partial charge in [-0.2, -0.15) is 13.2 Å². The predicted molar refractivity (Wildman–Crippen MR) is 133 cm³/mol. The molecular formula is C24H20BrF3N6O2. The van der Waals surface area contributed by atoms with Gasteiger partial charge in [-0.3, -0.25) is 5.32 Å². The second-order valence-corrected chi connectivity index (χ2v) is 8.95. The zero-order valence-electron chi connectivity index (χ0n) is 18.9. The zero-order valence-corrected chi connectivity index (χ0v) is 20.5. The fraction of sp³-hybridized carbons (Fsp3) is 0.208. The van der Waals surface area contributed by atoms with Gasteiger partial charge in [0.1, 0.15) is 5.56 Å². The number of aromatic nitrogens is 3. The Morgan fingerprint density at radius 2 is 2.03 bits per heavy atom. The van der Waals surface area contributed by atoms with Gasteiger partial charge in [0.2, 0.25) is 5.95 Å². The van der Waals surface area contributed by atoms with Crippen LogP contribution in [0.3, 0.4) is 0 Å². The molecule has 12 heteroatoms. The van der Waals surface area contributed by atoms with E-state index in [9.17, 15) is 18.0 Å². The van der Waals surface area contributed by atoms with Gasteiger partial charge in [0.25, 0.3) is 0 Å². The maximum atomic E-state index is 13.9. The third kappa shape index (κ3) is 4.61. The summed E-state index contributed by atoms with van der Waals surface area (Å²) in [4.78, 5) is 22.8. The lowest BCUT2D eigenvalue weighted by atomic mass is 10.0. The first-order valence-corrected chi connectivity index (χ1v) is 11.7. The third-order valence-electron chi connectivity index (χ3n) is 5.91. The first-order chi connectivity index (χ1) is 17.2. The van der Waals surface area contributed by atoms with Crippen molar-refractivity contribution < 1.29 is 22.7 Å². The molecule has 2 aromatic carbocycles. The monoisotopic (exact) mass is 560 g/mol. The average Bonchev–Trinajstić information content (AvgIpc) is 3.29. The van der Waals surface area contributed by atoms with E-state index in [0.29, 0.717) is 26.8 Å². The number of H-pyrrole nitrogens is 1. The Balaban J connectivity index is 1.56. The van der Waals surface area contributed by atoms with Crippen LogP contribution in [0.25, 0.3) is 22.2 Å². The van der Waals surface area contributed by atoms with E-state index in [1.807, 2.05) is 18.2 Å². The molecule has 0 spiro atoms. The minimum atomic E-state index is -4.67. The normalized spacial score (nSPS) is 13.4. The van der Waals surface area contributed by atoms with Crippen molar-refractivity contribution in [1.82, 2.24) is 20.3 Å². The second kappa shape index (κ2) is 9.43. The molecule has 0 unspecified atom stereocenters. The maximum absolute atomic E-state index is 13.9. The summed E-state index contributed by atoms with van der Waals surface area (Å²) in [5.41, 5.74) is 2.93. The molecule has 2 aromatic heterocycles. The number of benzene rings is 2. The van der Waals surface area contributed by atoms with Crippen LogP contribution in [0.15, 0.2) is 47.2 Å². The fourth-order valence-corrected chi connectivity index (χ4v) is 4.72. The van der Waals surface area contributed by atoms with Gasteiger partial charge >= 0.3 is 12.3 Å². The van der Waals surface area contributed by atoms with Crippen LogP contribution in [-0.2, 0) is 23.9 Å². The van der Waals surface area contributed by atoms with E-state index in [1.165, 1.54) is 18.9 Å². The highest BCUT2D eigenvalue weighted by Crippen LogP contribution is 2.41. The molecule has 0 bridgehead atoms. The lowest BCUT2D eigenvalue weighted by Gasteiger charge is -2.18. The lowest BCUT2D eigenvalue weighted by Crippen LogP contribution is -2.23. The van der Waals surface area contributed by atoms with Crippen LogP contribution in [0.2, 0.25) is 0 Å². The molecule has 5 rings (SSSR count). The van der Waals surface area contributed by atoms with E-state index in [2.05, 4.69) is 51.6 Å². The number of hydrogen-bond donors (Lipinski definition) is 4. The van der Waals surface area contributed by atoms with Crippen molar-refractivity contribution in [1.29, 1.82) is 0 Å². The molecule has 8 nitrogen and oxygen atoms in total. The van der Waals surface area contributed by atoms with Crippen molar-refractivity contribution in [2.75, 3.05) is 24.3 Å². The number of alkyl halides is 3. The highest BCUT2D eigenvalue weighted by molar-refractivity contribution is 9.10. The summed E-state index contributed by atoms with van der Waals surface area (Å²) in [6, 6.07) is 8.98. The number of carbonyl (C=O) groups is 1. The van der Waals surface area contributed by atoms with Crippen LogP contribution < -0.4 is 16.0 Å². The number of carbonyl (C=O) groups excluding carboxylic acids is 1. The van der Waals surface area contributed by atoms with Gasteiger partial charge in [0, 0.05) is 35.6 Å². The van der Waals surface area contributed by atoms with Crippen molar-refractivity contribution in [2.45, 2.75) is 19.1 Å². The molecule has 0 atom stereocenters. The number of nitrogens with zero attached hydrogens (tertiary/aromatic N) is 2. The van der Waals surface area contributed by atoms with Gasteiger partial charge in [-0.05, 0) is 58.2 Å². The molecule has 0 saturated carbocycles. The van der Waals surface area contributed by atoms with Crippen LogP contribution in [0.4, 0.5) is 35.3 Å². The molecular weight excluding hydrogens is 541 g/mol. The lowest BCUT2D eigenvalue weighted by molar-refractivity contribution is -0.137. The number of ether oxygens (including phenoxy) is 1. The van der Waals surface area contributed by atoms with Crippen LogP contribution in [0, 0.1) is 0 Å². The van der Waals surface area contributed by atoms with Gasteiger partial charge in [-0.25, -0.2) is 14.8 Å². The summed E-state index contributed by atoms with van der Waals surface area (Å²) >= 11 is 3.40. The molecule has 0 aliphatic carbocycles. The van der Waals surface area contributed by atoms with Gasteiger partial charge in [0.05, 0.1) is 28.5 Å². The van der Waals surface area contributed by atoms with E-state index in [0.717, 1.165) is 31.3 Å². The minimum Gasteiger partial charge on any atom is -0.453 e. The number of aromatic amines is 1. The number of nitrogens with one attached hydrogen (secondary N) is 4. The molecule has 1 amide bonds. The molecule has 1 aliphatic rings. The standard InChI is InChI=1S/C24H20BrF3N6O2/c1-36-23(35)33-18-5-4-15-16(10-30-21(15)19(18)25)20-17(24(26,27)28)11-31-22(34-20)32-14-3-2-12-6-7-29-9-13(12)8-14/h2-5,8,10-11,29-30H,6-7,9H2,1H3,(H,33,35)(H,31,32,34). The Morgan fingerprint density at radius 3 is 2.81 bits per heavy atom. The number of fused-ring (bicyclic) bond motifs is 2. The van der Waals surface area contributed by atoms with Crippen LogP contribution >= 0.6 is 15.9 Å². The van der Waals surface area contributed by atoms with Crippen LogP contribution in [-0.4, -0.2) is 34.7 Å². The molecule has 3 heterocycles. The quantitative estimate of drug-likeness (QED) is 0.245. The summed E-state index contributed by atoms with van der Waals surface area (Å²) in [5.74, 6) is 0.0408. The Hall–Kier alpha value is -3.64. The summed E-state index contributed by atoms with van der Waals surface area (Å²) in [6.07, 6.45) is -2.19. The Morgan fingerprint density at radius 1 is 1.19 bits per heavy atom. The van der Waals surface area contributed by atoms with E-state index >= 15 is 0 Å². The van der Waals surface area contributed by atoms with Crippen molar-refractivity contribution in [3.05, 3.63) is 63.9 Å². The minimum absolute atomic E-state index is 0.0408. The first kappa shape index (κ1) is 24.1. The summed E-state index contributed by atoms with van der Waals surface area (Å²) < 4.78 is 46.8. The number of amides is 1. The molecule has 4 aromatic rings. The molecule has 0 saturated heterocycles. The van der Waals surface area contributed by atoms with Crippen LogP contribution in [0.5, 0.6) is 0 Å². The Labute approximate surface area is 211 Å². The topological polar surface area (TPSA) is 104 Å². The molecule has 186 valence electrons. The fourth-order valence-electron chi connectivity index (χ4n) is 4.16. The highest BCUT2D eigenvalue weighted by Gasteiger charge is 2.36. The molecule has 0 fully saturated rings. The Bertz CT molecular complexity index is 1470. The number of rotatable bonds is 4. The SMILES string of the molecule is COC(=O)Nc1ccc2c(-c3nc(Nc4ccc5c(c4)CNCC5)ncc3C(F)(F)F)c[nH]c2c1Br. The summed E-state index contributed by atoms with van der Waals surface area (Å²) in [5, 5.41) is 9.36. The third-order valence-corrected chi connectivity index (χ3v) is 6.74. The zero-order chi connectivity index (χ0) is 25.4.